The van der Waals surface area contributed by atoms with Gasteiger partial charge in [0.05, 0.1) is 38.3 Å². The van der Waals surface area contributed by atoms with Crippen molar-refractivity contribution in [3.8, 4) is 0 Å². The highest BCUT2D eigenvalue weighted by atomic mass is 35.5. The molecule has 2 rings (SSSR count). The quantitative estimate of drug-likeness (QED) is 0.364. The number of hydrogen-bond acceptors (Lipinski definition) is 7. The van der Waals surface area contributed by atoms with Crippen LogP contribution in [0, 0.1) is 0 Å². The number of rotatable bonds is 7. The predicted octanol–water partition coefficient (Wildman–Crippen LogP) is 4.25. The van der Waals surface area contributed by atoms with Gasteiger partial charge in [0, 0.05) is 27.4 Å². The summed E-state index contributed by atoms with van der Waals surface area (Å²) in [5, 5.41) is 2.68. The zero-order valence-electron chi connectivity index (χ0n) is 25.7. The summed E-state index contributed by atoms with van der Waals surface area (Å²) in [7, 11) is -3.14. The Kier molecular flexibility index (Phi) is 4.56. The Morgan fingerprint density at radius 1 is 1.13 bits per heavy atom. The van der Waals surface area contributed by atoms with E-state index in [9.17, 15) is 14.4 Å². The Morgan fingerprint density at radius 2 is 1.83 bits per heavy atom. The number of carbonyl (C=O) groups excluding carboxylic acids is 3. The van der Waals surface area contributed by atoms with E-state index >= 15 is 0 Å². The first-order valence-corrected chi connectivity index (χ1v) is 9.00. The molecule has 0 radical (unpaired) electrons. The van der Waals surface area contributed by atoms with E-state index in [-0.39, 0.29) is 38.1 Å². The third-order valence-electron chi connectivity index (χ3n) is 4.13. The van der Waals surface area contributed by atoms with Crippen molar-refractivity contribution in [1.29, 1.82) is 0 Å². The zero-order valence-corrected chi connectivity index (χ0v) is 17.2. The van der Waals surface area contributed by atoms with Crippen LogP contribution in [-0.2, 0) is 28.6 Å². The average molecular weight is 467 g/mol. The molecule has 1 aliphatic heterocycles. The smallest absolute Gasteiger partial charge is 0.339 e. The number of allylic oxidation sites excluding steroid dienone is 2. The van der Waals surface area contributed by atoms with Crippen molar-refractivity contribution in [1.82, 2.24) is 5.32 Å². The molecule has 0 aliphatic carbocycles. The highest BCUT2D eigenvalue weighted by Crippen LogP contribution is 2.43. The van der Waals surface area contributed by atoms with Crippen LogP contribution in [0.4, 0.5) is 0 Å². The van der Waals surface area contributed by atoms with Gasteiger partial charge in [0.1, 0.15) is 0 Å². The first-order chi connectivity index (χ1) is 18.0. The van der Waals surface area contributed by atoms with Crippen molar-refractivity contribution in [2.45, 2.75) is 39.4 Å². The number of nitrogens with one attached hydrogen (secondary N) is 1. The summed E-state index contributed by atoms with van der Waals surface area (Å²) in [5.74, 6) is -5.93. The molecule has 162 valence electrons. The number of carbonyl (C=O) groups is 3. The van der Waals surface area contributed by atoms with Crippen molar-refractivity contribution in [2.75, 3.05) is 13.8 Å². The van der Waals surface area contributed by atoms with Crippen molar-refractivity contribution in [3.63, 3.8) is 0 Å². The average Bonchev–Trinajstić information content (AvgIpc) is 2.78. The summed E-state index contributed by atoms with van der Waals surface area (Å²) in [6.07, 6.45) is -7.31. The molecule has 1 aliphatic rings. The van der Waals surface area contributed by atoms with Crippen LogP contribution in [0.15, 0.2) is 40.7 Å². The fourth-order valence-corrected chi connectivity index (χ4v) is 3.36. The third kappa shape index (κ3) is 5.15. The topological polar surface area (TPSA) is 90.9 Å². The Bertz CT molecular complexity index is 1270. The summed E-state index contributed by atoms with van der Waals surface area (Å²) in [6.45, 7) is -1.99. The molecule has 9 heteroatoms. The van der Waals surface area contributed by atoms with Crippen LogP contribution in [0.2, 0.25) is 10.0 Å². The first-order valence-electron chi connectivity index (χ1n) is 13.2. The van der Waals surface area contributed by atoms with E-state index in [0.29, 0.717) is 0 Å². The Balaban J connectivity index is 2.44. The maximum atomic E-state index is 13.2. The second kappa shape index (κ2) is 10.5. The largest absolute Gasteiger partial charge is 0.466 e. The van der Waals surface area contributed by atoms with Crippen LogP contribution in [-0.4, -0.2) is 31.7 Å². The molecule has 0 fully saturated rings. The van der Waals surface area contributed by atoms with Crippen LogP contribution >= 0.6 is 23.2 Å². The van der Waals surface area contributed by atoms with Crippen molar-refractivity contribution in [3.05, 3.63) is 56.3 Å². The lowest BCUT2D eigenvalue weighted by atomic mass is 9.81. The minimum absolute atomic E-state index is 0.0314. The van der Waals surface area contributed by atoms with Crippen molar-refractivity contribution in [2.24, 2.45) is 0 Å². The maximum Gasteiger partial charge on any atom is 0.339 e. The summed E-state index contributed by atoms with van der Waals surface area (Å²) >= 11 is 12.5. The van der Waals surface area contributed by atoms with Gasteiger partial charge in [-0.1, -0.05) is 42.2 Å². The van der Waals surface area contributed by atoms with Gasteiger partial charge in [-0.2, -0.15) is 0 Å². The van der Waals surface area contributed by atoms with E-state index in [2.05, 4.69) is 14.8 Å². The van der Waals surface area contributed by atoms with Gasteiger partial charge in [0.25, 0.3) is 0 Å². The lowest BCUT2D eigenvalue weighted by Gasteiger charge is -2.30. The van der Waals surface area contributed by atoms with E-state index in [1.807, 2.05) is 0 Å². The molecule has 1 unspecified atom stereocenters. The minimum Gasteiger partial charge on any atom is -0.466 e. The van der Waals surface area contributed by atoms with E-state index in [4.69, 9.17) is 41.6 Å². The summed E-state index contributed by atoms with van der Waals surface area (Å²) in [4.78, 5) is 38.4. The number of hydrogen-bond donors (Lipinski definition) is 1. The van der Waals surface area contributed by atoms with Gasteiger partial charge < -0.3 is 19.5 Å². The molecule has 0 saturated carbocycles. The van der Waals surface area contributed by atoms with E-state index in [1.54, 1.807) is 0 Å². The van der Waals surface area contributed by atoms with Gasteiger partial charge in [0.2, 0.25) is 6.79 Å². The molecule has 1 atom stereocenters. The van der Waals surface area contributed by atoms with Gasteiger partial charge in [-0.15, -0.1) is 0 Å². The minimum atomic E-state index is -3.66. The molecular formula is C21H23Cl2NO6. The number of ether oxygens (including phenoxy) is 3. The fraction of sp³-hybridized carbons (Fsp3) is 0.381. The maximum absolute atomic E-state index is 13.2. The SMILES string of the molecule is [2H]C([2H])([2H])OC(=O)C1=C(C)[15NH]C(C)=C(C(=O)OCOC(=O)C([2H])([2H])C([2H])([2H])C([2H])([2H])[2H])C1c1cccc(Cl)c1Cl. The van der Waals surface area contributed by atoms with Crippen LogP contribution in [0.25, 0.3) is 0 Å². The molecular weight excluding hydrogens is 434 g/mol. The molecule has 0 amide bonds. The third-order valence-corrected chi connectivity index (χ3v) is 4.96. The second-order valence-electron chi connectivity index (χ2n) is 5.90. The van der Waals surface area contributed by atoms with Crippen LogP contribution in [0.5, 0.6) is 0 Å². The highest BCUT2D eigenvalue weighted by Gasteiger charge is 2.39. The van der Waals surface area contributed by atoms with Gasteiger partial charge in [-0.05, 0) is 31.9 Å². The monoisotopic (exact) mass is 466 g/mol. The molecule has 7 nitrogen and oxygen atoms in total. The molecule has 30 heavy (non-hydrogen) atoms. The number of methoxy groups -OCH3 is 1. The van der Waals surface area contributed by atoms with Crippen LogP contribution < -0.4 is 5.32 Å². The van der Waals surface area contributed by atoms with Gasteiger partial charge in [0.15, 0.2) is 0 Å². The van der Waals surface area contributed by atoms with Gasteiger partial charge in [-0.25, -0.2) is 9.59 Å². The molecule has 0 bridgehead atoms. The predicted molar refractivity (Wildman–Crippen MR) is 112 cm³/mol. The Labute approximate surface area is 199 Å². The number of halogens is 2. The molecule has 0 spiro atoms. The summed E-state index contributed by atoms with van der Waals surface area (Å²) < 4.78 is 87.6. The van der Waals surface area contributed by atoms with E-state index in [0.717, 1.165) is 0 Å². The second-order valence-corrected chi connectivity index (χ2v) is 6.68. The van der Waals surface area contributed by atoms with Gasteiger partial charge in [-0.3, -0.25) is 4.79 Å². The zero-order chi connectivity index (χ0) is 31.0. The number of esters is 3. The molecule has 0 saturated heterocycles. The summed E-state index contributed by atoms with van der Waals surface area (Å²) in [5.41, 5.74) is -0.357. The van der Waals surface area contributed by atoms with Gasteiger partial charge >= 0.3 is 17.9 Å². The standard InChI is InChI=1S/C21H23Cl2NO6/c1-5-7-15(25)29-10-30-21(27)17-12(3)24-11(2)16(20(26)28-4)18(17)13-8-6-9-14(22)19(13)23/h6,8-9,18,24H,5,7,10H2,1-4H3/i1D3,4D3,5D2,7D2,24+1. The normalized spacial score (nSPS) is 22.9. The first kappa shape index (κ1) is 13.0. The lowest BCUT2D eigenvalue weighted by molar-refractivity contribution is -0.164. The Morgan fingerprint density at radius 3 is 2.50 bits per heavy atom. The molecule has 1 heterocycles. The molecule has 1 aromatic rings. The number of dihydropyridines is 1. The fourth-order valence-electron chi connectivity index (χ4n) is 2.95. The van der Waals surface area contributed by atoms with Crippen LogP contribution in [0.3, 0.4) is 0 Å². The molecule has 1 aromatic carbocycles. The highest BCUT2D eigenvalue weighted by molar-refractivity contribution is 6.42. The van der Waals surface area contributed by atoms with E-state index < -0.39 is 57.3 Å². The van der Waals surface area contributed by atoms with E-state index in [1.165, 1.54) is 32.0 Å². The Hall–Kier alpha value is -2.51. The number of benzene rings is 1. The van der Waals surface area contributed by atoms with Crippen molar-refractivity contribution >= 4 is 41.1 Å². The van der Waals surface area contributed by atoms with Crippen molar-refractivity contribution < 1.29 is 42.3 Å². The molecule has 1 N–H and O–H groups in total. The molecule has 0 aromatic heterocycles. The van der Waals surface area contributed by atoms with Crippen LogP contribution in [0.1, 0.15) is 58.6 Å². The lowest BCUT2D eigenvalue weighted by Crippen LogP contribution is -2.32. The summed E-state index contributed by atoms with van der Waals surface area (Å²) in [6, 6.07) is 4.28.